The molecule has 0 aromatic heterocycles. The lowest BCUT2D eigenvalue weighted by Crippen LogP contribution is -2.34. The largest absolute Gasteiger partial charge is 0.356 e. The van der Waals surface area contributed by atoms with Gasteiger partial charge in [0.05, 0.1) is 11.8 Å². The van der Waals surface area contributed by atoms with Crippen molar-refractivity contribution < 1.29 is 9.59 Å². The van der Waals surface area contributed by atoms with E-state index in [1.54, 1.807) is 0 Å². The van der Waals surface area contributed by atoms with Crippen LogP contribution in [0.2, 0.25) is 0 Å². The molecule has 2 unspecified atom stereocenters. The monoisotopic (exact) mass is 254 g/mol. The highest BCUT2D eigenvalue weighted by Gasteiger charge is 2.48. The zero-order valence-corrected chi connectivity index (χ0v) is 11.9. The summed E-state index contributed by atoms with van der Waals surface area (Å²) in [7, 11) is 0. The minimum absolute atomic E-state index is 0.0592. The van der Waals surface area contributed by atoms with Gasteiger partial charge in [-0.05, 0) is 26.7 Å². The maximum Gasteiger partial charge on any atom is 0.226 e. The standard InChI is InChI=1S/C14H26N2O2/c1-4-7-8-9-15-13(17)11-10-12(11)14(18)16(5-2)6-3/h11-12H,4-10H2,1-3H3,(H,15,17). The zero-order valence-electron chi connectivity index (χ0n) is 11.9. The molecule has 4 heteroatoms. The van der Waals surface area contributed by atoms with Gasteiger partial charge in [-0.2, -0.15) is 0 Å². The minimum Gasteiger partial charge on any atom is -0.356 e. The van der Waals surface area contributed by atoms with Gasteiger partial charge in [-0.15, -0.1) is 0 Å². The fourth-order valence-electron chi connectivity index (χ4n) is 2.25. The number of carbonyl (C=O) groups is 2. The van der Waals surface area contributed by atoms with Gasteiger partial charge in [-0.25, -0.2) is 0 Å². The van der Waals surface area contributed by atoms with E-state index < -0.39 is 0 Å². The van der Waals surface area contributed by atoms with Gasteiger partial charge in [0.15, 0.2) is 0 Å². The lowest BCUT2D eigenvalue weighted by molar-refractivity contribution is -0.134. The summed E-state index contributed by atoms with van der Waals surface area (Å²) >= 11 is 0. The SMILES string of the molecule is CCCCCNC(=O)C1CC1C(=O)N(CC)CC. The summed E-state index contributed by atoms with van der Waals surface area (Å²) in [5.74, 6) is 0.0844. The van der Waals surface area contributed by atoms with Crippen LogP contribution in [0, 0.1) is 11.8 Å². The molecule has 0 saturated heterocycles. The smallest absolute Gasteiger partial charge is 0.226 e. The van der Waals surface area contributed by atoms with Crippen LogP contribution >= 0.6 is 0 Å². The van der Waals surface area contributed by atoms with Crippen LogP contribution in [-0.2, 0) is 9.59 Å². The Morgan fingerprint density at radius 3 is 2.33 bits per heavy atom. The maximum absolute atomic E-state index is 12.0. The van der Waals surface area contributed by atoms with E-state index in [4.69, 9.17) is 0 Å². The van der Waals surface area contributed by atoms with Crippen molar-refractivity contribution in [2.24, 2.45) is 11.8 Å². The molecular formula is C14H26N2O2. The highest BCUT2D eigenvalue weighted by Crippen LogP contribution is 2.40. The number of hydrogen-bond donors (Lipinski definition) is 1. The third kappa shape index (κ3) is 4.00. The summed E-state index contributed by atoms with van der Waals surface area (Å²) in [4.78, 5) is 25.6. The molecule has 4 nitrogen and oxygen atoms in total. The highest BCUT2D eigenvalue weighted by molar-refractivity contribution is 5.92. The summed E-state index contributed by atoms with van der Waals surface area (Å²) in [5, 5.41) is 2.93. The Hall–Kier alpha value is -1.06. The Morgan fingerprint density at radius 2 is 1.78 bits per heavy atom. The first-order valence-corrected chi connectivity index (χ1v) is 7.22. The van der Waals surface area contributed by atoms with Crippen LogP contribution in [0.5, 0.6) is 0 Å². The minimum atomic E-state index is -0.0697. The van der Waals surface area contributed by atoms with Crippen LogP contribution in [0.4, 0.5) is 0 Å². The summed E-state index contributed by atoms with van der Waals surface area (Å²) in [6, 6.07) is 0. The molecule has 0 heterocycles. The van der Waals surface area contributed by atoms with Crippen LogP contribution in [0.1, 0.15) is 46.5 Å². The predicted octanol–water partition coefficient (Wildman–Crippen LogP) is 1.80. The van der Waals surface area contributed by atoms with Gasteiger partial charge in [0, 0.05) is 19.6 Å². The van der Waals surface area contributed by atoms with E-state index in [1.165, 1.54) is 0 Å². The zero-order chi connectivity index (χ0) is 13.5. The molecule has 0 aromatic rings. The van der Waals surface area contributed by atoms with E-state index in [2.05, 4.69) is 12.2 Å². The van der Waals surface area contributed by atoms with Crippen molar-refractivity contribution in [3.63, 3.8) is 0 Å². The quantitative estimate of drug-likeness (QED) is 0.671. The highest BCUT2D eigenvalue weighted by atomic mass is 16.2. The molecule has 0 radical (unpaired) electrons. The number of nitrogens with one attached hydrogen (secondary N) is 1. The van der Waals surface area contributed by atoms with E-state index in [0.717, 1.165) is 45.3 Å². The van der Waals surface area contributed by atoms with Gasteiger partial charge in [0.1, 0.15) is 0 Å². The van der Waals surface area contributed by atoms with Crippen molar-refractivity contribution in [1.29, 1.82) is 0 Å². The number of rotatable bonds is 8. The van der Waals surface area contributed by atoms with Gasteiger partial charge in [0.25, 0.3) is 0 Å². The molecule has 1 rings (SSSR count). The topological polar surface area (TPSA) is 49.4 Å². The molecule has 0 aliphatic heterocycles. The fraction of sp³-hybridized carbons (Fsp3) is 0.857. The second-order valence-electron chi connectivity index (χ2n) is 4.96. The van der Waals surface area contributed by atoms with E-state index in [9.17, 15) is 9.59 Å². The molecule has 0 bridgehead atoms. The molecule has 0 aromatic carbocycles. The fourth-order valence-corrected chi connectivity index (χ4v) is 2.25. The molecule has 1 saturated carbocycles. The Balaban J connectivity index is 2.26. The van der Waals surface area contributed by atoms with Crippen molar-refractivity contribution in [1.82, 2.24) is 10.2 Å². The number of carbonyl (C=O) groups excluding carboxylic acids is 2. The van der Waals surface area contributed by atoms with Crippen molar-refractivity contribution >= 4 is 11.8 Å². The lowest BCUT2D eigenvalue weighted by Gasteiger charge is -2.18. The number of hydrogen-bond acceptors (Lipinski definition) is 2. The average Bonchev–Trinajstić information content (AvgIpc) is 3.16. The average molecular weight is 254 g/mol. The van der Waals surface area contributed by atoms with Gasteiger partial charge in [-0.3, -0.25) is 9.59 Å². The van der Waals surface area contributed by atoms with Crippen LogP contribution in [-0.4, -0.2) is 36.3 Å². The first kappa shape index (κ1) is 15.0. The predicted molar refractivity (Wildman–Crippen MR) is 72.1 cm³/mol. The van der Waals surface area contributed by atoms with E-state index in [0.29, 0.717) is 0 Å². The summed E-state index contributed by atoms with van der Waals surface area (Å²) in [6.45, 7) is 8.30. The Kier molecular flexibility index (Phi) is 6.16. The van der Waals surface area contributed by atoms with Gasteiger partial charge in [-0.1, -0.05) is 19.8 Å². The number of unbranched alkanes of at least 4 members (excludes halogenated alkanes) is 2. The molecule has 18 heavy (non-hydrogen) atoms. The Bertz CT molecular complexity index is 288. The summed E-state index contributed by atoms with van der Waals surface area (Å²) in [5.41, 5.74) is 0. The van der Waals surface area contributed by atoms with Crippen molar-refractivity contribution in [3.8, 4) is 0 Å². The van der Waals surface area contributed by atoms with Crippen LogP contribution in [0.25, 0.3) is 0 Å². The van der Waals surface area contributed by atoms with Crippen LogP contribution < -0.4 is 5.32 Å². The van der Waals surface area contributed by atoms with E-state index in [-0.39, 0.29) is 23.7 Å². The lowest BCUT2D eigenvalue weighted by atomic mass is 10.2. The summed E-state index contributed by atoms with van der Waals surface area (Å²) < 4.78 is 0. The second-order valence-corrected chi connectivity index (χ2v) is 4.96. The molecule has 104 valence electrons. The molecule has 1 N–H and O–H groups in total. The van der Waals surface area contributed by atoms with Crippen LogP contribution in [0.15, 0.2) is 0 Å². The molecule has 2 atom stereocenters. The van der Waals surface area contributed by atoms with E-state index in [1.807, 2.05) is 18.7 Å². The summed E-state index contributed by atoms with van der Waals surface area (Å²) in [6.07, 6.45) is 4.06. The Morgan fingerprint density at radius 1 is 1.11 bits per heavy atom. The first-order chi connectivity index (χ1) is 8.65. The van der Waals surface area contributed by atoms with Gasteiger partial charge < -0.3 is 10.2 Å². The molecule has 0 spiro atoms. The third-order valence-electron chi connectivity index (χ3n) is 3.60. The normalized spacial score (nSPS) is 21.5. The van der Waals surface area contributed by atoms with Crippen molar-refractivity contribution in [3.05, 3.63) is 0 Å². The van der Waals surface area contributed by atoms with Crippen molar-refractivity contribution in [2.75, 3.05) is 19.6 Å². The molecule has 1 aliphatic carbocycles. The van der Waals surface area contributed by atoms with Gasteiger partial charge in [0.2, 0.25) is 11.8 Å². The number of nitrogens with zero attached hydrogens (tertiary/aromatic N) is 1. The van der Waals surface area contributed by atoms with Crippen molar-refractivity contribution in [2.45, 2.75) is 46.5 Å². The third-order valence-corrected chi connectivity index (χ3v) is 3.60. The molecule has 1 fully saturated rings. The molecule has 1 aliphatic rings. The molecular weight excluding hydrogens is 228 g/mol. The van der Waals surface area contributed by atoms with Gasteiger partial charge >= 0.3 is 0 Å². The second kappa shape index (κ2) is 7.39. The Labute approximate surface area is 110 Å². The molecule has 2 amide bonds. The number of amides is 2. The van der Waals surface area contributed by atoms with E-state index >= 15 is 0 Å². The van der Waals surface area contributed by atoms with Crippen LogP contribution in [0.3, 0.4) is 0 Å². The first-order valence-electron chi connectivity index (χ1n) is 7.22. The maximum atomic E-state index is 12.0.